The average Bonchev–Trinajstić information content (AvgIpc) is 2.74. The molecular formula is C23H21NO3. The Morgan fingerprint density at radius 1 is 0.815 bits per heavy atom. The Balaban J connectivity index is 1.73. The first-order chi connectivity index (χ1) is 13.2. The van der Waals surface area contributed by atoms with E-state index in [1.807, 2.05) is 60.7 Å². The quantitative estimate of drug-likeness (QED) is 0.680. The molecule has 3 aromatic rings. The lowest BCUT2D eigenvalue weighted by Gasteiger charge is -2.17. The number of benzene rings is 3. The minimum atomic E-state index is -0.745. The molecule has 1 N–H and O–H groups in total. The lowest BCUT2D eigenvalue weighted by Crippen LogP contribution is -2.43. The van der Waals surface area contributed by atoms with Crippen molar-refractivity contribution in [2.45, 2.75) is 12.5 Å². The maximum atomic E-state index is 12.4. The zero-order valence-electron chi connectivity index (χ0n) is 15.1. The van der Waals surface area contributed by atoms with Gasteiger partial charge in [0.25, 0.3) is 5.91 Å². The first-order valence-corrected chi connectivity index (χ1v) is 8.75. The maximum absolute atomic E-state index is 12.4. The first-order valence-electron chi connectivity index (χ1n) is 8.75. The van der Waals surface area contributed by atoms with Gasteiger partial charge in [0.1, 0.15) is 6.04 Å². The van der Waals surface area contributed by atoms with E-state index in [1.54, 1.807) is 24.3 Å². The van der Waals surface area contributed by atoms with Crippen LogP contribution in [0.2, 0.25) is 0 Å². The van der Waals surface area contributed by atoms with E-state index in [1.165, 1.54) is 7.11 Å². The Hall–Kier alpha value is -3.40. The van der Waals surface area contributed by atoms with Crippen LogP contribution in [-0.2, 0) is 16.0 Å². The van der Waals surface area contributed by atoms with Gasteiger partial charge in [0, 0.05) is 12.0 Å². The second-order valence-corrected chi connectivity index (χ2v) is 6.18. The summed E-state index contributed by atoms with van der Waals surface area (Å²) in [6, 6.07) is 26.1. The summed E-state index contributed by atoms with van der Waals surface area (Å²) in [4.78, 5) is 24.5. The van der Waals surface area contributed by atoms with Crippen LogP contribution in [0, 0.1) is 0 Å². The number of amides is 1. The van der Waals surface area contributed by atoms with Crippen LogP contribution in [0.1, 0.15) is 15.9 Å². The molecule has 27 heavy (non-hydrogen) atoms. The smallest absolute Gasteiger partial charge is 0.328 e. The van der Waals surface area contributed by atoms with Gasteiger partial charge >= 0.3 is 5.97 Å². The van der Waals surface area contributed by atoms with Crippen LogP contribution in [0.4, 0.5) is 0 Å². The van der Waals surface area contributed by atoms with Crippen molar-refractivity contribution in [1.29, 1.82) is 0 Å². The molecule has 0 saturated heterocycles. The second kappa shape index (κ2) is 8.81. The topological polar surface area (TPSA) is 55.4 Å². The molecule has 0 radical (unpaired) electrons. The Morgan fingerprint density at radius 2 is 1.37 bits per heavy atom. The number of carbonyl (C=O) groups is 2. The minimum Gasteiger partial charge on any atom is -0.467 e. The molecule has 4 heteroatoms. The van der Waals surface area contributed by atoms with Gasteiger partial charge in [-0.2, -0.15) is 0 Å². The highest BCUT2D eigenvalue weighted by Gasteiger charge is 2.22. The molecule has 0 unspecified atom stereocenters. The third kappa shape index (κ3) is 4.82. The molecule has 0 bridgehead atoms. The van der Waals surface area contributed by atoms with Crippen LogP contribution in [0.25, 0.3) is 11.1 Å². The molecule has 0 aliphatic carbocycles. The van der Waals surface area contributed by atoms with Gasteiger partial charge < -0.3 is 10.1 Å². The van der Waals surface area contributed by atoms with Crippen molar-refractivity contribution in [3.8, 4) is 11.1 Å². The van der Waals surface area contributed by atoms with Crippen molar-refractivity contribution in [1.82, 2.24) is 5.32 Å². The van der Waals surface area contributed by atoms with Gasteiger partial charge in [-0.1, -0.05) is 72.8 Å². The van der Waals surface area contributed by atoms with Crippen molar-refractivity contribution < 1.29 is 14.3 Å². The summed E-state index contributed by atoms with van der Waals surface area (Å²) >= 11 is 0. The normalized spacial score (nSPS) is 11.4. The lowest BCUT2D eigenvalue weighted by molar-refractivity contribution is -0.142. The number of nitrogens with one attached hydrogen (secondary N) is 1. The lowest BCUT2D eigenvalue weighted by atomic mass is 10.0. The molecule has 0 aromatic heterocycles. The standard InChI is InChI=1S/C23H21NO3/c1-27-23(26)21(24-22(25)20-10-6-3-7-11-20)16-17-12-14-19(15-13-17)18-8-4-2-5-9-18/h2-15,21H,16H2,1H3,(H,24,25)/t21-/m1/s1. The van der Waals surface area contributed by atoms with Gasteiger partial charge in [-0.25, -0.2) is 4.79 Å². The summed E-state index contributed by atoms with van der Waals surface area (Å²) < 4.78 is 4.86. The Labute approximate surface area is 158 Å². The SMILES string of the molecule is COC(=O)[C@@H](Cc1ccc(-c2ccccc2)cc1)NC(=O)c1ccccc1. The predicted octanol–water partition coefficient (Wildman–Crippen LogP) is 3.87. The van der Waals surface area contributed by atoms with Crippen LogP contribution in [0.5, 0.6) is 0 Å². The molecule has 1 amide bonds. The zero-order valence-corrected chi connectivity index (χ0v) is 15.1. The number of hydrogen-bond acceptors (Lipinski definition) is 3. The third-order valence-corrected chi connectivity index (χ3v) is 4.33. The van der Waals surface area contributed by atoms with Gasteiger partial charge in [0.05, 0.1) is 7.11 Å². The molecule has 3 rings (SSSR count). The van der Waals surface area contributed by atoms with E-state index in [-0.39, 0.29) is 5.91 Å². The number of rotatable bonds is 6. The molecule has 0 saturated carbocycles. The fourth-order valence-corrected chi connectivity index (χ4v) is 2.87. The highest BCUT2D eigenvalue weighted by atomic mass is 16.5. The second-order valence-electron chi connectivity index (χ2n) is 6.18. The molecule has 0 heterocycles. The van der Waals surface area contributed by atoms with E-state index < -0.39 is 12.0 Å². The van der Waals surface area contributed by atoms with Crippen molar-refractivity contribution in [2.75, 3.05) is 7.11 Å². The van der Waals surface area contributed by atoms with E-state index in [9.17, 15) is 9.59 Å². The highest BCUT2D eigenvalue weighted by Crippen LogP contribution is 2.20. The fourth-order valence-electron chi connectivity index (χ4n) is 2.87. The van der Waals surface area contributed by atoms with E-state index in [0.717, 1.165) is 16.7 Å². The molecule has 1 atom stereocenters. The molecule has 3 aromatic carbocycles. The van der Waals surface area contributed by atoms with E-state index in [0.29, 0.717) is 12.0 Å². The predicted molar refractivity (Wildman–Crippen MR) is 105 cm³/mol. The zero-order chi connectivity index (χ0) is 19.1. The minimum absolute atomic E-state index is 0.299. The molecule has 0 spiro atoms. The average molecular weight is 359 g/mol. The van der Waals surface area contributed by atoms with Crippen molar-refractivity contribution in [3.05, 3.63) is 96.1 Å². The van der Waals surface area contributed by atoms with Crippen LogP contribution in [-0.4, -0.2) is 25.0 Å². The summed E-state index contributed by atoms with van der Waals surface area (Å²) in [5.74, 6) is -0.765. The highest BCUT2D eigenvalue weighted by molar-refractivity contribution is 5.96. The molecule has 0 aliphatic heterocycles. The Bertz CT molecular complexity index is 890. The molecule has 4 nitrogen and oxygen atoms in total. The number of carbonyl (C=O) groups excluding carboxylic acids is 2. The number of methoxy groups -OCH3 is 1. The van der Waals surface area contributed by atoms with Crippen LogP contribution in [0.3, 0.4) is 0 Å². The van der Waals surface area contributed by atoms with Gasteiger partial charge in [0.2, 0.25) is 0 Å². The molecule has 0 fully saturated rings. The van der Waals surface area contributed by atoms with Gasteiger partial charge in [0.15, 0.2) is 0 Å². The summed E-state index contributed by atoms with van der Waals surface area (Å²) in [5, 5.41) is 2.77. The van der Waals surface area contributed by atoms with E-state index in [2.05, 4.69) is 5.32 Å². The maximum Gasteiger partial charge on any atom is 0.328 e. The number of ether oxygens (including phenoxy) is 1. The molecule has 136 valence electrons. The van der Waals surface area contributed by atoms with Crippen molar-refractivity contribution >= 4 is 11.9 Å². The molecular weight excluding hydrogens is 338 g/mol. The van der Waals surface area contributed by atoms with E-state index >= 15 is 0 Å². The number of hydrogen-bond donors (Lipinski definition) is 1. The molecule has 0 aliphatic rings. The van der Waals surface area contributed by atoms with Crippen LogP contribution < -0.4 is 5.32 Å². The van der Waals surface area contributed by atoms with Gasteiger partial charge in [-0.3, -0.25) is 4.79 Å². The largest absolute Gasteiger partial charge is 0.467 e. The summed E-state index contributed by atoms with van der Waals surface area (Å²) in [6.45, 7) is 0. The first kappa shape index (κ1) is 18.4. The summed E-state index contributed by atoms with van der Waals surface area (Å²) in [7, 11) is 1.32. The van der Waals surface area contributed by atoms with Crippen LogP contribution >= 0.6 is 0 Å². The van der Waals surface area contributed by atoms with Crippen molar-refractivity contribution in [2.24, 2.45) is 0 Å². The monoisotopic (exact) mass is 359 g/mol. The van der Waals surface area contributed by atoms with Crippen LogP contribution in [0.15, 0.2) is 84.9 Å². The van der Waals surface area contributed by atoms with Gasteiger partial charge in [-0.05, 0) is 28.8 Å². The Morgan fingerprint density at radius 3 is 1.96 bits per heavy atom. The van der Waals surface area contributed by atoms with E-state index in [4.69, 9.17) is 4.74 Å². The third-order valence-electron chi connectivity index (χ3n) is 4.33. The summed E-state index contributed by atoms with van der Waals surface area (Å²) in [5.41, 5.74) is 3.68. The van der Waals surface area contributed by atoms with Crippen molar-refractivity contribution in [3.63, 3.8) is 0 Å². The van der Waals surface area contributed by atoms with Gasteiger partial charge in [-0.15, -0.1) is 0 Å². The number of esters is 1. The Kier molecular flexibility index (Phi) is 6.00. The summed E-state index contributed by atoms with van der Waals surface area (Å²) in [6.07, 6.45) is 0.361. The fraction of sp³-hybridized carbons (Fsp3) is 0.130.